The molecule has 23 heavy (non-hydrogen) atoms. The number of carbonyl (C=O) groups excluding carboxylic acids is 1. The van der Waals surface area contributed by atoms with Gasteiger partial charge in [-0.15, -0.1) is 0 Å². The quantitative estimate of drug-likeness (QED) is 0.648. The molecule has 9 heteroatoms. The van der Waals surface area contributed by atoms with Gasteiger partial charge in [0.2, 0.25) is 11.9 Å². The lowest BCUT2D eigenvalue weighted by molar-refractivity contribution is -0.129. The molecule has 0 aromatic carbocycles. The number of carbonyl (C=O) groups is 1. The van der Waals surface area contributed by atoms with Crippen LogP contribution in [0.5, 0.6) is 0 Å². The summed E-state index contributed by atoms with van der Waals surface area (Å²) >= 11 is 0. The summed E-state index contributed by atoms with van der Waals surface area (Å²) in [6, 6.07) is 0. The van der Waals surface area contributed by atoms with E-state index in [4.69, 9.17) is 0 Å². The van der Waals surface area contributed by atoms with Gasteiger partial charge < -0.3 is 14.4 Å². The Kier molecular flexibility index (Phi) is 3.50. The first-order valence-corrected chi connectivity index (χ1v) is 7.45. The van der Waals surface area contributed by atoms with Crippen LogP contribution in [-0.4, -0.2) is 55.7 Å². The number of nitrogens with zero attached hydrogens (tertiary/aromatic N) is 6. The van der Waals surface area contributed by atoms with Crippen molar-refractivity contribution in [3.8, 4) is 0 Å². The molecule has 0 atom stereocenters. The second-order valence-corrected chi connectivity index (χ2v) is 5.84. The highest BCUT2D eigenvalue weighted by molar-refractivity contribution is 5.75. The Bertz CT molecular complexity index is 898. The van der Waals surface area contributed by atoms with E-state index in [1.165, 1.54) is 11.6 Å². The van der Waals surface area contributed by atoms with E-state index in [2.05, 4.69) is 4.98 Å². The topological polar surface area (TPSA) is 85.4 Å². The third kappa shape index (κ3) is 2.23. The standard InChI is InChI=1S/C14H20N6O3/c1-9(21)19-5-7-20(8-6-19)13-15-11-10(16(13)2)12(22)18(4)14(23)17(11)3/h5-8H2,1-4H3. The molecule has 1 aliphatic rings. The van der Waals surface area contributed by atoms with Crippen LogP contribution in [0, 0.1) is 0 Å². The molecule has 0 aliphatic carbocycles. The molecule has 0 spiro atoms. The molecule has 2 aromatic heterocycles. The molecule has 1 fully saturated rings. The normalized spacial score (nSPS) is 15.5. The van der Waals surface area contributed by atoms with E-state index in [-0.39, 0.29) is 11.5 Å². The van der Waals surface area contributed by atoms with Crippen molar-refractivity contribution in [3.63, 3.8) is 0 Å². The summed E-state index contributed by atoms with van der Waals surface area (Å²) in [5.41, 5.74) is 0.0310. The molecule has 0 radical (unpaired) electrons. The van der Waals surface area contributed by atoms with Crippen LogP contribution in [0.4, 0.5) is 5.95 Å². The highest BCUT2D eigenvalue weighted by Crippen LogP contribution is 2.19. The van der Waals surface area contributed by atoms with E-state index in [1.807, 2.05) is 4.90 Å². The average Bonchev–Trinajstić information content (AvgIpc) is 2.88. The molecule has 1 aliphatic heterocycles. The molecule has 124 valence electrons. The number of imidazole rings is 1. The van der Waals surface area contributed by atoms with E-state index in [9.17, 15) is 14.4 Å². The van der Waals surface area contributed by atoms with Gasteiger partial charge in [-0.05, 0) is 0 Å². The Morgan fingerprint density at radius 1 is 0.957 bits per heavy atom. The molecule has 2 aromatic rings. The first kappa shape index (κ1) is 15.3. The molecule has 0 unspecified atom stereocenters. The van der Waals surface area contributed by atoms with E-state index in [0.717, 1.165) is 4.57 Å². The average molecular weight is 320 g/mol. The summed E-state index contributed by atoms with van der Waals surface area (Å²) in [4.78, 5) is 44.2. The zero-order valence-corrected chi connectivity index (χ0v) is 13.7. The number of aromatic nitrogens is 4. The van der Waals surface area contributed by atoms with E-state index < -0.39 is 5.69 Å². The summed E-state index contributed by atoms with van der Waals surface area (Å²) in [5, 5.41) is 0. The van der Waals surface area contributed by atoms with Crippen LogP contribution in [-0.2, 0) is 25.9 Å². The van der Waals surface area contributed by atoms with Crippen molar-refractivity contribution in [1.82, 2.24) is 23.6 Å². The summed E-state index contributed by atoms with van der Waals surface area (Å²) in [5.74, 6) is 0.701. The summed E-state index contributed by atoms with van der Waals surface area (Å²) in [6.45, 7) is 4.09. The third-order valence-corrected chi connectivity index (χ3v) is 4.46. The second kappa shape index (κ2) is 5.25. The monoisotopic (exact) mass is 320 g/mol. The number of piperazine rings is 1. The van der Waals surface area contributed by atoms with Crippen LogP contribution in [0.15, 0.2) is 9.59 Å². The summed E-state index contributed by atoms with van der Waals surface area (Å²) in [7, 11) is 4.84. The lowest BCUT2D eigenvalue weighted by atomic mass is 10.3. The minimum Gasteiger partial charge on any atom is -0.339 e. The van der Waals surface area contributed by atoms with Gasteiger partial charge in [-0.2, -0.15) is 4.98 Å². The van der Waals surface area contributed by atoms with Gasteiger partial charge in [0, 0.05) is 54.2 Å². The molecule has 9 nitrogen and oxygen atoms in total. The lowest BCUT2D eigenvalue weighted by Gasteiger charge is -2.34. The SMILES string of the molecule is CC(=O)N1CCN(c2nc3c(c(=O)n(C)c(=O)n3C)n2C)CC1. The van der Waals surface area contributed by atoms with Gasteiger partial charge in [-0.25, -0.2) is 4.79 Å². The van der Waals surface area contributed by atoms with Crippen molar-refractivity contribution in [2.75, 3.05) is 31.1 Å². The fraction of sp³-hybridized carbons (Fsp3) is 0.571. The Balaban J connectivity index is 2.07. The molecule has 3 heterocycles. The van der Waals surface area contributed by atoms with Gasteiger partial charge in [0.15, 0.2) is 11.2 Å². The van der Waals surface area contributed by atoms with E-state index in [1.54, 1.807) is 30.5 Å². The van der Waals surface area contributed by atoms with Gasteiger partial charge in [-0.1, -0.05) is 0 Å². The van der Waals surface area contributed by atoms with Crippen molar-refractivity contribution in [3.05, 3.63) is 20.8 Å². The number of rotatable bonds is 1. The zero-order valence-electron chi connectivity index (χ0n) is 13.7. The fourth-order valence-corrected chi connectivity index (χ4v) is 3.01. The largest absolute Gasteiger partial charge is 0.339 e. The van der Waals surface area contributed by atoms with E-state index in [0.29, 0.717) is 43.3 Å². The first-order chi connectivity index (χ1) is 10.8. The fourth-order valence-electron chi connectivity index (χ4n) is 3.01. The predicted octanol–water partition coefficient (Wildman–Crippen LogP) is -1.36. The lowest BCUT2D eigenvalue weighted by Crippen LogP contribution is -2.48. The molecule has 0 N–H and O–H groups in total. The Morgan fingerprint density at radius 2 is 1.57 bits per heavy atom. The first-order valence-electron chi connectivity index (χ1n) is 7.45. The summed E-state index contributed by atoms with van der Waals surface area (Å²) in [6.07, 6.45) is 0. The maximum atomic E-state index is 12.4. The minimum absolute atomic E-state index is 0.0610. The van der Waals surface area contributed by atoms with Crippen LogP contribution in [0.2, 0.25) is 0 Å². The highest BCUT2D eigenvalue weighted by atomic mass is 16.2. The number of aryl methyl sites for hydroxylation is 2. The summed E-state index contributed by atoms with van der Waals surface area (Å²) < 4.78 is 4.19. The maximum Gasteiger partial charge on any atom is 0.332 e. The smallest absolute Gasteiger partial charge is 0.332 e. The number of fused-ring (bicyclic) bond motifs is 1. The highest BCUT2D eigenvalue weighted by Gasteiger charge is 2.24. The van der Waals surface area contributed by atoms with Gasteiger partial charge in [0.25, 0.3) is 5.56 Å². The number of amides is 1. The number of hydrogen-bond acceptors (Lipinski definition) is 5. The van der Waals surface area contributed by atoms with Crippen molar-refractivity contribution in [1.29, 1.82) is 0 Å². The van der Waals surface area contributed by atoms with Crippen LogP contribution < -0.4 is 16.1 Å². The second-order valence-electron chi connectivity index (χ2n) is 5.84. The molecule has 0 saturated carbocycles. The molecular formula is C14H20N6O3. The van der Waals surface area contributed by atoms with Crippen LogP contribution in [0.1, 0.15) is 6.92 Å². The Morgan fingerprint density at radius 3 is 2.13 bits per heavy atom. The van der Waals surface area contributed by atoms with Crippen LogP contribution >= 0.6 is 0 Å². The van der Waals surface area contributed by atoms with Gasteiger partial charge in [0.05, 0.1) is 0 Å². The van der Waals surface area contributed by atoms with Crippen molar-refractivity contribution in [2.24, 2.45) is 21.1 Å². The Hall–Kier alpha value is -2.58. The molecule has 1 saturated heterocycles. The van der Waals surface area contributed by atoms with Crippen molar-refractivity contribution in [2.45, 2.75) is 6.92 Å². The van der Waals surface area contributed by atoms with Gasteiger partial charge in [-0.3, -0.25) is 18.7 Å². The Labute approximate surface area is 132 Å². The molecule has 1 amide bonds. The van der Waals surface area contributed by atoms with Gasteiger partial charge >= 0.3 is 5.69 Å². The van der Waals surface area contributed by atoms with Crippen LogP contribution in [0.3, 0.4) is 0 Å². The molecule has 0 bridgehead atoms. The van der Waals surface area contributed by atoms with Crippen molar-refractivity contribution >= 4 is 23.0 Å². The number of hydrogen-bond donors (Lipinski definition) is 0. The third-order valence-electron chi connectivity index (χ3n) is 4.46. The van der Waals surface area contributed by atoms with Crippen LogP contribution in [0.25, 0.3) is 11.2 Å². The van der Waals surface area contributed by atoms with Crippen molar-refractivity contribution < 1.29 is 4.79 Å². The molecular weight excluding hydrogens is 300 g/mol. The maximum absolute atomic E-state index is 12.4. The molecule has 3 rings (SSSR count). The zero-order chi connectivity index (χ0) is 16.9. The van der Waals surface area contributed by atoms with Gasteiger partial charge in [0.1, 0.15) is 0 Å². The number of anilines is 1. The van der Waals surface area contributed by atoms with E-state index >= 15 is 0 Å². The predicted molar refractivity (Wildman–Crippen MR) is 85.7 cm³/mol. The minimum atomic E-state index is -0.395.